The van der Waals surface area contributed by atoms with E-state index in [4.69, 9.17) is 5.11 Å². The van der Waals surface area contributed by atoms with Gasteiger partial charge in [0, 0.05) is 13.1 Å². The SMILES string of the molecule is CN(C(=O)CNCC1CCC(C(=O)O)CC1)C1CC1. The van der Waals surface area contributed by atoms with Gasteiger partial charge in [0.15, 0.2) is 0 Å². The minimum atomic E-state index is -0.660. The molecule has 2 aliphatic carbocycles. The van der Waals surface area contributed by atoms with Crippen LogP contribution in [0.3, 0.4) is 0 Å². The first kappa shape index (κ1) is 14.3. The van der Waals surface area contributed by atoms with Crippen molar-refractivity contribution in [2.24, 2.45) is 11.8 Å². The van der Waals surface area contributed by atoms with Crippen molar-refractivity contribution < 1.29 is 14.7 Å². The van der Waals surface area contributed by atoms with E-state index in [9.17, 15) is 9.59 Å². The smallest absolute Gasteiger partial charge is 0.306 e. The van der Waals surface area contributed by atoms with Crippen molar-refractivity contribution in [3.8, 4) is 0 Å². The molecule has 0 radical (unpaired) electrons. The van der Waals surface area contributed by atoms with E-state index in [-0.39, 0.29) is 11.8 Å². The van der Waals surface area contributed by atoms with Crippen LogP contribution < -0.4 is 5.32 Å². The summed E-state index contributed by atoms with van der Waals surface area (Å²) < 4.78 is 0. The van der Waals surface area contributed by atoms with Crippen LogP contribution in [-0.2, 0) is 9.59 Å². The lowest BCUT2D eigenvalue weighted by Crippen LogP contribution is -2.39. The zero-order valence-corrected chi connectivity index (χ0v) is 11.6. The van der Waals surface area contributed by atoms with Crippen molar-refractivity contribution in [1.82, 2.24) is 10.2 Å². The van der Waals surface area contributed by atoms with Crippen LogP contribution in [0.5, 0.6) is 0 Å². The fraction of sp³-hybridized carbons (Fsp3) is 0.857. The molecule has 0 aromatic heterocycles. The molecule has 0 heterocycles. The maximum Gasteiger partial charge on any atom is 0.306 e. The molecule has 1 amide bonds. The molecule has 2 N–H and O–H groups in total. The van der Waals surface area contributed by atoms with Gasteiger partial charge in [-0.2, -0.15) is 0 Å². The van der Waals surface area contributed by atoms with Gasteiger partial charge in [-0.15, -0.1) is 0 Å². The van der Waals surface area contributed by atoms with Gasteiger partial charge in [-0.1, -0.05) is 0 Å². The van der Waals surface area contributed by atoms with Gasteiger partial charge in [-0.05, 0) is 51.0 Å². The fourth-order valence-corrected chi connectivity index (χ4v) is 2.79. The minimum absolute atomic E-state index is 0.154. The topological polar surface area (TPSA) is 69.6 Å². The summed E-state index contributed by atoms with van der Waals surface area (Å²) in [5.41, 5.74) is 0. The Bertz CT molecular complexity index is 334. The summed E-state index contributed by atoms with van der Waals surface area (Å²) >= 11 is 0. The van der Waals surface area contributed by atoms with E-state index in [2.05, 4.69) is 5.32 Å². The van der Waals surface area contributed by atoms with Gasteiger partial charge < -0.3 is 15.3 Å². The monoisotopic (exact) mass is 268 g/mol. The number of aliphatic carboxylic acids is 1. The third-order valence-electron chi connectivity index (χ3n) is 4.39. The van der Waals surface area contributed by atoms with Gasteiger partial charge >= 0.3 is 5.97 Å². The molecule has 5 nitrogen and oxygen atoms in total. The number of likely N-dealkylation sites (N-methyl/N-ethyl adjacent to an activating group) is 1. The highest BCUT2D eigenvalue weighted by Crippen LogP contribution is 2.28. The number of carboxylic acids is 1. The van der Waals surface area contributed by atoms with Gasteiger partial charge in [0.1, 0.15) is 0 Å². The Labute approximate surface area is 114 Å². The summed E-state index contributed by atoms with van der Waals surface area (Å²) in [6.07, 6.45) is 5.74. The molecule has 0 aliphatic heterocycles. The summed E-state index contributed by atoms with van der Waals surface area (Å²) in [7, 11) is 1.87. The lowest BCUT2D eigenvalue weighted by molar-refractivity contribution is -0.143. The number of amides is 1. The molecule has 0 spiro atoms. The van der Waals surface area contributed by atoms with E-state index in [1.165, 1.54) is 0 Å². The zero-order valence-electron chi connectivity index (χ0n) is 11.6. The Morgan fingerprint density at radius 3 is 2.32 bits per heavy atom. The zero-order chi connectivity index (χ0) is 13.8. The number of carboxylic acid groups (broad SMARTS) is 1. The Kier molecular flexibility index (Phi) is 4.80. The fourth-order valence-electron chi connectivity index (χ4n) is 2.79. The first-order chi connectivity index (χ1) is 9.08. The number of nitrogens with zero attached hydrogens (tertiary/aromatic N) is 1. The second kappa shape index (κ2) is 6.37. The van der Waals surface area contributed by atoms with Crippen LogP contribution in [0, 0.1) is 11.8 Å². The molecule has 19 heavy (non-hydrogen) atoms. The molecule has 2 aliphatic rings. The van der Waals surface area contributed by atoms with Crippen LogP contribution in [0.2, 0.25) is 0 Å². The molecule has 108 valence electrons. The van der Waals surface area contributed by atoms with Crippen molar-refractivity contribution in [2.45, 2.75) is 44.6 Å². The van der Waals surface area contributed by atoms with Gasteiger partial charge in [-0.25, -0.2) is 0 Å². The summed E-state index contributed by atoms with van der Waals surface area (Å²) in [5, 5.41) is 12.2. The Morgan fingerprint density at radius 2 is 1.79 bits per heavy atom. The molecule has 0 aromatic rings. The highest BCUT2D eigenvalue weighted by Gasteiger charge is 2.29. The normalized spacial score (nSPS) is 27.0. The summed E-state index contributed by atoms with van der Waals surface area (Å²) in [6.45, 7) is 1.24. The van der Waals surface area contributed by atoms with Gasteiger partial charge in [0.25, 0.3) is 0 Å². The molecule has 0 bridgehead atoms. The summed E-state index contributed by atoms with van der Waals surface area (Å²) in [4.78, 5) is 24.5. The van der Waals surface area contributed by atoms with Crippen molar-refractivity contribution in [3.05, 3.63) is 0 Å². The van der Waals surface area contributed by atoms with E-state index in [1.807, 2.05) is 11.9 Å². The molecular weight excluding hydrogens is 244 g/mol. The Morgan fingerprint density at radius 1 is 1.16 bits per heavy atom. The first-order valence-corrected chi connectivity index (χ1v) is 7.27. The molecular formula is C14H24N2O3. The average Bonchev–Trinajstić information content (AvgIpc) is 3.22. The van der Waals surface area contributed by atoms with Crippen LogP contribution in [-0.4, -0.2) is 48.1 Å². The maximum atomic E-state index is 11.8. The number of nitrogens with one attached hydrogen (secondary N) is 1. The molecule has 2 rings (SSSR count). The predicted octanol–water partition coefficient (Wildman–Crippen LogP) is 1.09. The molecule has 0 saturated heterocycles. The summed E-state index contributed by atoms with van der Waals surface area (Å²) in [6, 6.07) is 0.473. The van der Waals surface area contributed by atoms with Crippen molar-refractivity contribution in [3.63, 3.8) is 0 Å². The van der Waals surface area contributed by atoms with E-state index in [1.54, 1.807) is 0 Å². The van der Waals surface area contributed by atoms with Crippen LogP contribution in [0.15, 0.2) is 0 Å². The number of carbonyl (C=O) groups is 2. The van der Waals surface area contributed by atoms with Crippen LogP contribution in [0.1, 0.15) is 38.5 Å². The molecule has 2 fully saturated rings. The molecule has 0 atom stereocenters. The van der Waals surface area contributed by atoms with E-state index < -0.39 is 5.97 Å². The second-order valence-corrected chi connectivity index (χ2v) is 5.92. The lowest BCUT2D eigenvalue weighted by atomic mass is 9.82. The Hall–Kier alpha value is -1.10. The molecule has 2 saturated carbocycles. The third kappa shape index (κ3) is 4.20. The van der Waals surface area contributed by atoms with Gasteiger partial charge in [0.2, 0.25) is 5.91 Å². The second-order valence-electron chi connectivity index (χ2n) is 5.92. The number of hydrogen-bond donors (Lipinski definition) is 2. The average molecular weight is 268 g/mol. The first-order valence-electron chi connectivity index (χ1n) is 7.27. The quantitative estimate of drug-likeness (QED) is 0.756. The van der Waals surface area contributed by atoms with E-state index in [0.717, 1.165) is 45.1 Å². The molecule has 5 heteroatoms. The standard InChI is InChI=1S/C14H24N2O3/c1-16(12-6-7-12)13(17)9-15-8-10-2-4-11(5-3-10)14(18)19/h10-12,15H,2-9H2,1H3,(H,18,19). The van der Waals surface area contributed by atoms with Crippen molar-refractivity contribution in [2.75, 3.05) is 20.1 Å². The van der Waals surface area contributed by atoms with Crippen molar-refractivity contribution >= 4 is 11.9 Å². The Balaban J connectivity index is 1.59. The number of hydrogen-bond acceptors (Lipinski definition) is 3. The summed E-state index contributed by atoms with van der Waals surface area (Å²) in [5.74, 6) is -0.122. The largest absolute Gasteiger partial charge is 0.481 e. The number of carbonyl (C=O) groups excluding carboxylic acids is 1. The van der Waals surface area contributed by atoms with Crippen molar-refractivity contribution in [1.29, 1.82) is 0 Å². The molecule has 0 unspecified atom stereocenters. The van der Waals surface area contributed by atoms with Gasteiger partial charge in [-0.3, -0.25) is 9.59 Å². The van der Waals surface area contributed by atoms with Gasteiger partial charge in [0.05, 0.1) is 12.5 Å². The third-order valence-corrected chi connectivity index (χ3v) is 4.39. The van der Waals surface area contributed by atoms with E-state index >= 15 is 0 Å². The lowest BCUT2D eigenvalue weighted by Gasteiger charge is -2.26. The number of rotatable bonds is 6. The highest BCUT2D eigenvalue weighted by molar-refractivity contribution is 5.78. The van der Waals surface area contributed by atoms with Crippen LogP contribution in [0.4, 0.5) is 0 Å². The van der Waals surface area contributed by atoms with E-state index in [0.29, 0.717) is 18.5 Å². The maximum absolute atomic E-state index is 11.8. The highest BCUT2D eigenvalue weighted by atomic mass is 16.4. The van der Waals surface area contributed by atoms with Crippen LogP contribution >= 0.6 is 0 Å². The molecule has 0 aromatic carbocycles. The minimum Gasteiger partial charge on any atom is -0.481 e. The predicted molar refractivity (Wildman–Crippen MR) is 71.7 cm³/mol. The van der Waals surface area contributed by atoms with Crippen LogP contribution in [0.25, 0.3) is 0 Å².